The molecule has 216 valence electrons. The zero-order chi connectivity index (χ0) is 30.0. The molecule has 8 nitrogen and oxygen atoms in total. The number of hydrogen-bond donors (Lipinski definition) is 1. The second kappa shape index (κ2) is 11.4. The summed E-state index contributed by atoms with van der Waals surface area (Å²) in [6.45, 7) is 1.92. The van der Waals surface area contributed by atoms with Gasteiger partial charge in [0.05, 0.1) is 35.6 Å². The molecule has 3 rings (SSSR count). The number of benzene rings is 2. The van der Waals surface area contributed by atoms with Gasteiger partial charge in [-0.3, -0.25) is 14.6 Å². The third-order valence-corrected chi connectivity index (χ3v) is 6.35. The molecule has 0 radical (unpaired) electrons. The van der Waals surface area contributed by atoms with E-state index in [0.29, 0.717) is 6.07 Å². The van der Waals surface area contributed by atoms with Crippen LogP contribution in [0.4, 0.5) is 32.0 Å². The Morgan fingerprint density at radius 1 is 1.05 bits per heavy atom. The summed E-state index contributed by atoms with van der Waals surface area (Å²) in [5, 5.41) is 6.78. The SMILES string of the molecule is CCOC(=O)C1(C)C(c2ccc(C(F)(F)F)c(Cl)c2)=NN(CC(=O)Nc2ccc(C(F)(F)F)cc2)C1C(=O)OC. The molecule has 15 heteroatoms. The molecule has 0 saturated carbocycles. The van der Waals surface area contributed by atoms with Gasteiger partial charge < -0.3 is 14.8 Å². The van der Waals surface area contributed by atoms with Gasteiger partial charge in [-0.25, -0.2) is 4.79 Å². The minimum atomic E-state index is -4.77. The van der Waals surface area contributed by atoms with Crippen LogP contribution in [0.15, 0.2) is 47.6 Å². The fourth-order valence-electron chi connectivity index (χ4n) is 4.14. The molecule has 1 N–H and O–H groups in total. The van der Waals surface area contributed by atoms with Gasteiger partial charge in [0.2, 0.25) is 5.91 Å². The summed E-state index contributed by atoms with van der Waals surface area (Å²) in [5.41, 5.74) is -4.34. The zero-order valence-corrected chi connectivity index (χ0v) is 21.9. The Balaban J connectivity index is 2.02. The number of anilines is 1. The highest BCUT2D eigenvalue weighted by Gasteiger charge is 2.59. The van der Waals surface area contributed by atoms with E-state index >= 15 is 0 Å². The van der Waals surface area contributed by atoms with Crippen LogP contribution in [0.2, 0.25) is 5.02 Å². The van der Waals surface area contributed by atoms with Gasteiger partial charge >= 0.3 is 24.3 Å². The van der Waals surface area contributed by atoms with E-state index in [4.69, 9.17) is 21.1 Å². The van der Waals surface area contributed by atoms with Gasteiger partial charge in [-0.2, -0.15) is 31.4 Å². The van der Waals surface area contributed by atoms with E-state index in [0.717, 1.165) is 48.5 Å². The van der Waals surface area contributed by atoms with Gasteiger partial charge in [0, 0.05) is 11.3 Å². The number of ether oxygens (including phenoxy) is 2. The lowest BCUT2D eigenvalue weighted by Gasteiger charge is -2.31. The molecule has 0 fully saturated rings. The topological polar surface area (TPSA) is 97.3 Å². The molecule has 1 aliphatic heterocycles. The van der Waals surface area contributed by atoms with Crippen molar-refractivity contribution in [2.45, 2.75) is 32.2 Å². The van der Waals surface area contributed by atoms with Gasteiger partial charge in [0.1, 0.15) is 12.0 Å². The number of methoxy groups -OCH3 is 1. The van der Waals surface area contributed by atoms with Crippen molar-refractivity contribution in [1.82, 2.24) is 5.01 Å². The molecule has 2 aromatic rings. The highest BCUT2D eigenvalue weighted by atomic mass is 35.5. The van der Waals surface area contributed by atoms with E-state index in [9.17, 15) is 40.7 Å². The number of carbonyl (C=O) groups is 3. The minimum absolute atomic E-state index is 0.00121. The number of rotatable bonds is 7. The van der Waals surface area contributed by atoms with Crippen molar-refractivity contribution in [2.75, 3.05) is 25.6 Å². The molecule has 1 amide bonds. The Labute approximate surface area is 228 Å². The molecule has 1 aliphatic rings. The Morgan fingerprint density at radius 3 is 2.17 bits per heavy atom. The number of hydrogen-bond acceptors (Lipinski definition) is 7. The highest BCUT2D eigenvalue weighted by Crippen LogP contribution is 2.41. The largest absolute Gasteiger partial charge is 0.467 e. The van der Waals surface area contributed by atoms with Gasteiger partial charge in [-0.15, -0.1) is 0 Å². The number of carbonyl (C=O) groups excluding carboxylic acids is 3. The molecule has 2 aromatic carbocycles. The molecule has 1 heterocycles. The average Bonchev–Trinajstić information content (AvgIpc) is 3.15. The van der Waals surface area contributed by atoms with E-state index in [1.54, 1.807) is 0 Å². The molecule has 2 unspecified atom stereocenters. The van der Waals surface area contributed by atoms with Crippen LogP contribution in [0, 0.1) is 5.41 Å². The third-order valence-electron chi connectivity index (χ3n) is 6.04. The zero-order valence-electron chi connectivity index (χ0n) is 21.1. The predicted octanol–water partition coefficient (Wildman–Crippen LogP) is 5.15. The van der Waals surface area contributed by atoms with Crippen LogP contribution in [0.25, 0.3) is 0 Å². The van der Waals surface area contributed by atoms with Crippen molar-refractivity contribution in [3.8, 4) is 0 Å². The van der Waals surface area contributed by atoms with Crippen LogP contribution in [0.3, 0.4) is 0 Å². The van der Waals surface area contributed by atoms with E-state index in [2.05, 4.69) is 10.4 Å². The summed E-state index contributed by atoms with van der Waals surface area (Å²) in [6, 6.07) is 4.54. The van der Waals surface area contributed by atoms with Crippen molar-refractivity contribution < 1.29 is 50.2 Å². The lowest BCUT2D eigenvalue weighted by Crippen LogP contribution is -2.54. The molecule has 0 aromatic heterocycles. The van der Waals surface area contributed by atoms with E-state index in [1.807, 2.05) is 0 Å². The van der Waals surface area contributed by atoms with Crippen molar-refractivity contribution in [3.63, 3.8) is 0 Å². The molecule has 40 heavy (non-hydrogen) atoms. The summed E-state index contributed by atoms with van der Waals surface area (Å²) < 4.78 is 88.2. The van der Waals surface area contributed by atoms with Crippen molar-refractivity contribution in [1.29, 1.82) is 0 Å². The van der Waals surface area contributed by atoms with Crippen molar-refractivity contribution in [2.24, 2.45) is 10.5 Å². The van der Waals surface area contributed by atoms with Crippen LogP contribution in [-0.2, 0) is 36.2 Å². The van der Waals surface area contributed by atoms with E-state index in [1.165, 1.54) is 13.8 Å². The van der Waals surface area contributed by atoms with Gasteiger partial charge in [0.15, 0.2) is 6.04 Å². The first-order valence-corrected chi connectivity index (χ1v) is 11.9. The summed E-state index contributed by atoms with van der Waals surface area (Å²) >= 11 is 5.87. The number of esters is 2. The fourth-order valence-corrected chi connectivity index (χ4v) is 4.43. The normalized spacial score (nSPS) is 19.2. The summed E-state index contributed by atoms with van der Waals surface area (Å²) in [4.78, 5) is 38.9. The molecule has 0 saturated heterocycles. The van der Waals surface area contributed by atoms with Crippen LogP contribution >= 0.6 is 11.6 Å². The Morgan fingerprint density at radius 2 is 1.68 bits per heavy atom. The Kier molecular flexibility index (Phi) is 8.72. The monoisotopic (exact) mass is 593 g/mol. The Hall–Kier alpha value is -3.81. The van der Waals surface area contributed by atoms with E-state index < -0.39 is 64.3 Å². The smallest absolute Gasteiger partial charge is 0.417 e. The molecule has 2 atom stereocenters. The maximum Gasteiger partial charge on any atom is 0.417 e. The third kappa shape index (κ3) is 6.16. The molecular weight excluding hydrogens is 572 g/mol. The number of amides is 1. The first kappa shape index (κ1) is 30.7. The number of alkyl halides is 6. The van der Waals surface area contributed by atoms with Crippen LogP contribution in [0.5, 0.6) is 0 Å². The van der Waals surface area contributed by atoms with Crippen molar-refractivity contribution >= 4 is 40.8 Å². The lowest BCUT2D eigenvalue weighted by atomic mass is 9.75. The van der Waals surface area contributed by atoms with Crippen LogP contribution < -0.4 is 5.32 Å². The number of nitrogens with zero attached hydrogens (tertiary/aromatic N) is 2. The fraction of sp³-hybridized carbons (Fsp3) is 0.360. The number of halogens is 7. The van der Waals surface area contributed by atoms with Crippen LogP contribution in [-0.4, -0.2) is 54.9 Å². The summed E-state index contributed by atoms with van der Waals surface area (Å²) in [5.74, 6) is -2.84. The Bertz CT molecular complexity index is 1330. The first-order valence-electron chi connectivity index (χ1n) is 11.5. The second-order valence-corrected chi connectivity index (χ2v) is 9.12. The molecule has 0 bridgehead atoms. The molecule has 0 spiro atoms. The quantitative estimate of drug-likeness (QED) is 0.352. The maximum absolute atomic E-state index is 13.3. The summed E-state index contributed by atoms with van der Waals surface area (Å²) in [6.07, 6.45) is -9.36. The summed E-state index contributed by atoms with van der Waals surface area (Å²) in [7, 11) is 1.02. The predicted molar refractivity (Wildman–Crippen MR) is 130 cm³/mol. The number of hydrazone groups is 1. The first-order chi connectivity index (χ1) is 18.5. The maximum atomic E-state index is 13.3. The lowest BCUT2D eigenvalue weighted by molar-refractivity contribution is -0.162. The van der Waals surface area contributed by atoms with Gasteiger partial charge in [-0.05, 0) is 50.2 Å². The van der Waals surface area contributed by atoms with E-state index in [-0.39, 0.29) is 23.6 Å². The molecule has 0 aliphatic carbocycles. The standard InChI is InChI=1S/C25H22ClF6N3O5/c1-4-40-22(38)23(2)19(13-5-10-16(17(26)11-13)25(30,31)32)34-35(20(23)21(37)39-3)12-18(36)33-15-8-6-14(7-9-15)24(27,28)29/h5-11,20H,4,12H2,1-3H3,(H,33,36). The number of nitrogens with one attached hydrogen (secondary N) is 1. The highest BCUT2D eigenvalue weighted by molar-refractivity contribution is 6.32. The minimum Gasteiger partial charge on any atom is -0.467 e. The van der Waals surface area contributed by atoms with Gasteiger partial charge in [0.25, 0.3) is 0 Å². The van der Waals surface area contributed by atoms with Crippen LogP contribution in [0.1, 0.15) is 30.5 Å². The molecular formula is C25H22ClF6N3O5. The average molecular weight is 594 g/mol. The van der Waals surface area contributed by atoms with Crippen molar-refractivity contribution in [3.05, 3.63) is 64.2 Å². The van der Waals surface area contributed by atoms with Gasteiger partial charge in [-0.1, -0.05) is 17.7 Å². The second-order valence-electron chi connectivity index (χ2n) is 8.71.